The maximum Gasteiger partial charge on any atom is 0.0963 e. The number of hydrogen-bond acceptors (Lipinski definition) is 4. The molecule has 0 radical (unpaired) electrons. The van der Waals surface area contributed by atoms with Crippen LogP contribution in [0.25, 0.3) is 0 Å². The van der Waals surface area contributed by atoms with Crippen molar-refractivity contribution in [2.75, 3.05) is 14.2 Å². The molecule has 0 aromatic carbocycles. The van der Waals surface area contributed by atoms with E-state index in [0.717, 1.165) is 18.2 Å². The predicted molar refractivity (Wildman–Crippen MR) is 89.7 cm³/mol. The lowest BCUT2D eigenvalue weighted by atomic mass is 9.70. The van der Waals surface area contributed by atoms with Gasteiger partial charge >= 0.3 is 0 Å². The van der Waals surface area contributed by atoms with E-state index in [1.165, 1.54) is 35.6 Å². The average Bonchev–Trinajstić information content (AvgIpc) is 2.82. The Hall–Kier alpha value is -0.450. The molecule has 1 aliphatic rings. The third-order valence-corrected chi connectivity index (χ3v) is 5.97. The molecule has 1 aromatic heterocycles. The van der Waals surface area contributed by atoms with Gasteiger partial charge in [0.05, 0.1) is 17.3 Å². The fourth-order valence-electron chi connectivity index (χ4n) is 3.33. The van der Waals surface area contributed by atoms with Crippen molar-refractivity contribution in [1.82, 2.24) is 10.3 Å². The van der Waals surface area contributed by atoms with E-state index in [0.29, 0.717) is 17.9 Å². The summed E-state index contributed by atoms with van der Waals surface area (Å²) in [5.41, 5.74) is 1.58. The van der Waals surface area contributed by atoms with E-state index in [1.54, 1.807) is 7.11 Å². The normalized spacial score (nSPS) is 23.5. The number of ether oxygens (including phenoxy) is 1. The van der Waals surface area contributed by atoms with E-state index in [9.17, 15) is 0 Å². The highest BCUT2D eigenvalue weighted by Gasteiger charge is 2.31. The Morgan fingerprint density at radius 1 is 1.24 bits per heavy atom. The standard InChI is InChI=1S/C17H30N2OS/c1-17(2,3)13-8-6-12(7-9-13)16-19-14(11-20-5)15(21-16)10-18-4/h12-13,18H,6-11H2,1-5H3. The van der Waals surface area contributed by atoms with E-state index < -0.39 is 0 Å². The van der Waals surface area contributed by atoms with Crippen LogP contribution in [-0.2, 0) is 17.9 Å². The summed E-state index contributed by atoms with van der Waals surface area (Å²) in [5.74, 6) is 1.53. The van der Waals surface area contributed by atoms with Gasteiger partial charge in [0.1, 0.15) is 0 Å². The summed E-state index contributed by atoms with van der Waals surface area (Å²) in [6, 6.07) is 0. The van der Waals surface area contributed by atoms with Crippen LogP contribution in [0.4, 0.5) is 0 Å². The number of nitrogens with zero attached hydrogens (tertiary/aromatic N) is 1. The highest BCUT2D eigenvalue weighted by Crippen LogP contribution is 2.44. The molecule has 0 spiro atoms. The van der Waals surface area contributed by atoms with Gasteiger partial charge in [0, 0.05) is 24.4 Å². The van der Waals surface area contributed by atoms with Gasteiger partial charge in [0.2, 0.25) is 0 Å². The summed E-state index contributed by atoms with van der Waals surface area (Å²) in [6.07, 6.45) is 5.27. The molecule has 1 heterocycles. The van der Waals surface area contributed by atoms with Crippen LogP contribution in [0.5, 0.6) is 0 Å². The summed E-state index contributed by atoms with van der Waals surface area (Å²) in [4.78, 5) is 6.22. The van der Waals surface area contributed by atoms with Crippen LogP contribution >= 0.6 is 11.3 Å². The van der Waals surface area contributed by atoms with Crippen LogP contribution in [0.3, 0.4) is 0 Å². The monoisotopic (exact) mass is 310 g/mol. The molecule has 0 aliphatic heterocycles. The lowest BCUT2D eigenvalue weighted by molar-refractivity contribution is 0.168. The number of rotatable bonds is 5. The van der Waals surface area contributed by atoms with Crippen LogP contribution < -0.4 is 5.32 Å². The van der Waals surface area contributed by atoms with Gasteiger partial charge in [-0.05, 0) is 44.1 Å². The Balaban J connectivity index is 2.04. The van der Waals surface area contributed by atoms with Crippen molar-refractivity contribution in [2.45, 2.75) is 65.5 Å². The zero-order valence-electron chi connectivity index (χ0n) is 14.2. The number of aromatic nitrogens is 1. The Morgan fingerprint density at radius 3 is 2.43 bits per heavy atom. The summed E-state index contributed by atoms with van der Waals surface area (Å²) in [5, 5.41) is 4.57. The molecule has 120 valence electrons. The minimum atomic E-state index is 0.451. The molecule has 0 atom stereocenters. The fraction of sp³-hybridized carbons (Fsp3) is 0.824. The van der Waals surface area contributed by atoms with Crippen molar-refractivity contribution in [3.63, 3.8) is 0 Å². The van der Waals surface area contributed by atoms with Crippen LogP contribution in [-0.4, -0.2) is 19.1 Å². The Morgan fingerprint density at radius 2 is 1.90 bits per heavy atom. The van der Waals surface area contributed by atoms with Crippen LogP contribution in [0.2, 0.25) is 0 Å². The molecule has 0 unspecified atom stereocenters. The predicted octanol–water partition coefficient (Wildman–Crippen LogP) is 4.33. The first kappa shape index (κ1) is 16.9. The molecular formula is C17H30N2OS. The second-order valence-electron chi connectivity index (χ2n) is 7.30. The minimum Gasteiger partial charge on any atom is -0.378 e. The third-order valence-electron chi connectivity index (χ3n) is 4.71. The van der Waals surface area contributed by atoms with E-state index in [2.05, 4.69) is 26.1 Å². The molecule has 0 saturated heterocycles. The molecule has 1 N–H and O–H groups in total. The molecule has 4 heteroatoms. The molecule has 1 aliphatic carbocycles. The first-order chi connectivity index (χ1) is 9.95. The van der Waals surface area contributed by atoms with Crippen molar-refractivity contribution in [1.29, 1.82) is 0 Å². The van der Waals surface area contributed by atoms with Crippen LogP contribution in [0.15, 0.2) is 0 Å². The van der Waals surface area contributed by atoms with Crippen molar-refractivity contribution < 1.29 is 4.74 Å². The van der Waals surface area contributed by atoms with E-state index in [1.807, 2.05) is 18.4 Å². The summed E-state index contributed by atoms with van der Waals surface area (Å²) < 4.78 is 5.29. The summed E-state index contributed by atoms with van der Waals surface area (Å²) in [7, 11) is 3.74. The topological polar surface area (TPSA) is 34.2 Å². The number of methoxy groups -OCH3 is 1. The maximum absolute atomic E-state index is 5.29. The second kappa shape index (κ2) is 7.21. The van der Waals surface area contributed by atoms with Gasteiger partial charge in [-0.3, -0.25) is 0 Å². The molecular weight excluding hydrogens is 280 g/mol. The van der Waals surface area contributed by atoms with Gasteiger partial charge in [-0.1, -0.05) is 20.8 Å². The molecule has 1 fully saturated rings. The van der Waals surface area contributed by atoms with Gasteiger partial charge in [0.15, 0.2) is 0 Å². The first-order valence-electron chi connectivity index (χ1n) is 8.07. The molecule has 0 amide bonds. The van der Waals surface area contributed by atoms with Crippen molar-refractivity contribution in [3.05, 3.63) is 15.6 Å². The molecule has 3 nitrogen and oxygen atoms in total. The molecule has 2 rings (SSSR count). The summed E-state index contributed by atoms with van der Waals surface area (Å²) >= 11 is 1.89. The van der Waals surface area contributed by atoms with Gasteiger partial charge in [-0.2, -0.15) is 0 Å². The Bertz CT molecular complexity index is 419. The van der Waals surface area contributed by atoms with E-state index in [4.69, 9.17) is 9.72 Å². The van der Waals surface area contributed by atoms with Gasteiger partial charge in [-0.25, -0.2) is 4.98 Å². The Labute approximate surface area is 133 Å². The third kappa shape index (κ3) is 4.27. The summed E-state index contributed by atoms with van der Waals surface area (Å²) in [6.45, 7) is 8.66. The van der Waals surface area contributed by atoms with Gasteiger partial charge in [-0.15, -0.1) is 11.3 Å². The molecule has 1 aromatic rings. The lowest BCUT2D eigenvalue weighted by Gasteiger charge is -2.36. The smallest absolute Gasteiger partial charge is 0.0963 e. The second-order valence-corrected chi connectivity index (χ2v) is 8.42. The average molecular weight is 311 g/mol. The number of nitrogens with one attached hydrogen (secondary N) is 1. The fourth-order valence-corrected chi connectivity index (χ4v) is 4.58. The quantitative estimate of drug-likeness (QED) is 0.879. The maximum atomic E-state index is 5.29. The van der Waals surface area contributed by atoms with Crippen LogP contribution in [0, 0.1) is 11.3 Å². The zero-order valence-corrected chi connectivity index (χ0v) is 15.0. The number of hydrogen-bond donors (Lipinski definition) is 1. The largest absolute Gasteiger partial charge is 0.378 e. The molecule has 0 bridgehead atoms. The minimum absolute atomic E-state index is 0.451. The molecule has 1 saturated carbocycles. The highest BCUT2D eigenvalue weighted by atomic mass is 32.1. The first-order valence-corrected chi connectivity index (χ1v) is 8.89. The van der Waals surface area contributed by atoms with E-state index >= 15 is 0 Å². The Kier molecular flexibility index (Phi) is 5.81. The van der Waals surface area contributed by atoms with Crippen molar-refractivity contribution in [2.24, 2.45) is 11.3 Å². The zero-order chi connectivity index (χ0) is 15.5. The lowest BCUT2D eigenvalue weighted by Crippen LogP contribution is -2.25. The number of thiazole rings is 1. The van der Waals surface area contributed by atoms with Crippen molar-refractivity contribution in [3.8, 4) is 0 Å². The SMILES string of the molecule is CNCc1sc(C2CCC(C(C)(C)C)CC2)nc1COC. The van der Waals surface area contributed by atoms with Gasteiger partial charge < -0.3 is 10.1 Å². The van der Waals surface area contributed by atoms with Crippen LogP contribution in [0.1, 0.15) is 68.0 Å². The van der Waals surface area contributed by atoms with Crippen molar-refractivity contribution >= 4 is 11.3 Å². The highest BCUT2D eigenvalue weighted by molar-refractivity contribution is 7.11. The molecule has 21 heavy (non-hydrogen) atoms. The van der Waals surface area contributed by atoms with E-state index in [-0.39, 0.29) is 0 Å². The van der Waals surface area contributed by atoms with Gasteiger partial charge in [0.25, 0.3) is 0 Å².